The van der Waals surface area contributed by atoms with E-state index in [1.807, 2.05) is 12.4 Å². The van der Waals surface area contributed by atoms with Gasteiger partial charge in [-0.2, -0.15) is 0 Å². The van der Waals surface area contributed by atoms with Crippen LogP contribution in [0.2, 0.25) is 0 Å². The van der Waals surface area contributed by atoms with Gasteiger partial charge < -0.3 is 5.73 Å². The molecular weight excluding hydrogens is 172 g/mol. The maximum atomic E-state index is 5.92. The van der Waals surface area contributed by atoms with E-state index in [1.165, 1.54) is 36.8 Å². The summed E-state index contributed by atoms with van der Waals surface area (Å²) in [6, 6.07) is 2.24. The van der Waals surface area contributed by atoms with E-state index in [4.69, 9.17) is 5.73 Å². The van der Waals surface area contributed by atoms with Gasteiger partial charge in [0.15, 0.2) is 0 Å². The van der Waals surface area contributed by atoms with E-state index in [9.17, 15) is 0 Å². The number of hydrogen-bond acceptors (Lipinski definition) is 2. The first-order chi connectivity index (χ1) is 6.77. The van der Waals surface area contributed by atoms with Crippen LogP contribution in [-0.4, -0.2) is 11.5 Å². The molecule has 2 N–H and O–H groups in total. The average Bonchev–Trinajstić information content (AvgIpc) is 2.67. The van der Waals surface area contributed by atoms with Crippen molar-refractivity contribution in [1.82, 2.24) is 4.98 Å². The van der Waals surface area contributed by atoms with Crippen LogP contribution >= 0.6 is 0 Å². The lowest BCUT2D eigenvalue weighted by molar-refractivity contribution is 0.451. The molecule has 2 rings (SSSR count). The molecule has 1 fully saturated rings. The van der Waals surface area contributed by atoms with Crippen molar-refractivity contribution in [2.75, 3.05) is 6.54 Å². The maximum absolute atomic E-state index is 5.92. The van der Waals surface area contributed by atoms with E-state index in [2.05, 4.69) is 18.0 Å². The van der Waals surface area contributed by atoms with Crippen molar-refractivity contribution in [3.8, 4) is 0 Å². The lowest BCUT2D eigenvalue weighted by Gasteiger charge is -2.27. The smallest absolute Gasteiger partial charge is 0.0306 e. The first-order valence-electron chi connectivity index (χ1n) is 5.39. The van der Waals surface area contributed by atoms with Crippen LogP contribution in [0.25, 0.3) is 0 Å². The zero-order chi connectivity index (χ0) is 10.0. The predicted molar refractivity (Wildman–Crippen MR) is 58.2 cm³/mol. The monoisotopic (exact) mass is 190 g/mol. The minimum atomic E-state index is 0.235. The van der Waals surface area contributed by atoms with Crippen molar-refractivity contribution in [2.24, 2.45) is 5.73 Å². The molecule has 0 bridgehead atoms. The van der Waals surface area contributed by atoms with Gasteiger partial charge in [0.05, 0.1) is 0 Å². The third-order valence-corrected chi connectivity index (χ3v) is 3.44. The van der Waals surface area contributed by atoms with E-state index in [0.717, 1.165) is 6.54 Å². The summed E-state index contributed by atoms with van der Waals surface area (Å²) in [4.78, 5) is 4.27. The van der Waals surface area contributed by atoms with Gasteiger partial charge in [-0.25, -0.2) is 0 Å². The largest absolute Gasteiger partial charge is 0.330 e. The van der Waals surface area contributed by atoms with E-state index in [0.29, 0.717) is 0 Å². The van der Waals surface area contributed by atoms with Crippen molar-refractivity contribution in [2.45, 2.75) is 38.0 Å². The molecule has 0 atom stereocenters. The number of hydrogen-bond donors (Lipinski definition) is 1. The second kappa shape index (κ2) is 3.70. The SMILES string of the molecule is Cc1cncc(C2(CN)CCCC2)c1. The summed E-state index contributed by atoms with van der Waals surface area (Å²) in [6.07, 6.45) is 8.98. The molecule has 0 unspecified atom stereocenters. The Morgan fingerprint density at radius 1 is 1.36 bits per heavy atom. The van der Waals surface area contributed by atoms with Gasteiger partial charge in [-0.05, 0) is 30.9 Å². The predicted octanol–water partition coefficient (Wildman–Crippen LogP) is 2.16. The van der Waals surface area contributed by atoms with Crippen molar-refractivity contribution >= 4 is 0 Å². The van der Waals surface area contributed by atoms with Crippen LogP contribution in [0.1, 0.15) is 36.8 Å². The molecule has 0 aliphatic heterocycles. The van der Waals surface area contributed by atoms with Crippen LogP contribution in [0.4, 0.5) is 0 Å². The van der Waals surface area contributed by atoms with Crippen molar-refractivity contribution in [3.05, 3.63) is 29.6 Å². The second-order valence-electron chi connectivity index (χ2n) is 4.44. The van der Waals surface area contributed by atoms with Crippen LogP contribution in [0.15, 0.2) is 18.5 Å². The highest BCUT2D eigenvalue weighted by molar-refractivity contribution is 5.27. The topological polar surface area (TPSA) is 38.9 Å². The Bertz CT molecular complexity index is 314. The molecule has 0 saturated heterocycles. The lowest BCUT2D eigenvalue weighted by atomic mass is 9.79. The number of aryl methyl sites for hydroxylation is 1. The van der Waals surface area contributed by atoms with Crippen LogP contribution in [-0.2, 0) is 5.41 Å². The fourth-order valence-electron chi connectivity index (χ4n) is 2.51. The zero-order valence-electron chi connectivity index (χ0n) is 8.79. The molecule has 1 heterocycles. The molecule has 0 aromatic carbocycles. The van der Waals surface area contributed by atoms with Gasteiger partial charge >= 0.3 is 0 Å². The standard InChI is InChI=1S/C12H18N2/c1-10-6-11(8-14-7-10)12(9-13)4-2-3-5-12/h6-8H,2-5,9,13H2,1H3. The molecule has 14 heavy (non-hydrogen) atoms. The average molecular weight is 190 g/mol. The van der Waals surface area contributed by atoms with Gasteiger partial charge in [-0.1, -0.05) is 18.9 Å². The number of nitrogens with zero attached hydrogens (tertiary/aromatic N) is 1. The molecular formula is C12H18N2. The molecule has 1 aromatic rings. The third-order valence-electron chi connectivity index (χ3n) is 3.44. The fourth-order valence-corrected chi connectivity index (χ4v) is 2.51. The van der Waals surface area contributed by atoms with E-state index >= 15 is 0 Å². The van der Waals surface area contributed by atoms with E-state index in [1.54, 1.807) is 0 Å². The van der Waals surface area contributed by atoms with E-state index in [-0.39, 0.29) is 5.41 Å². The Kier molecular flexibility index (Phi) is 2.55. The summed E-state index contributed by atoms with van der Waals surface area (Å²) >= 11 is 0. The molecule has 0 radical (unpaired) electrons. The lowest BCUT2D eigenvalue weighted by Crippen LogP contribution is -2.32. The normalized spacial score (nSPS) is 19.9. The summed E-state index contributed by atoms with van der Waals surface area (Å²) in [7, 11) is 0. The highest BCUT2D eigenvalue weighted by Gasteiger charge is 2.34. The molecule has 1 saturated carbocycles. The number of nitrogens with two attached hydrogens (primary N) is 1. The summed E-state index contributed by atoms with van der Waals surface area (Å²) < 4.78 is 0. The van der Waals surface area contributed by atoms with Gasteiger partial charge in [-0.3, -0.25) is 4.98 Å². The van der Waals surface area contributed by atoms with Crippen LogP contribution in [0.3, 0.4) is 0 Å². The Morgan fingerprint density at radius 2 is 2.07 bits per heavy atom. The fraction of sp³-hybridized carbons (Fsp3) is 0.583. The third kappa shape index (κ3) is 1.55. The van der Waals surface area contributed by atoms with E-state index < -0.39 is 0 Å². The minimum absolute atomic E-state index is 0.235. The van der Waals surface area contributed by atoms with Gasteiger partial charge in [0.2, 0.25) is 0 Å². The summed E-state index contributed by atoms with van der Waals surface area (Å²) in [5, 5.41) is 0. The summed E-state index contributed by atoms with van der Waals surface area (Å²) in [5.74, 6) is 0. The highest BCUT2D eigenvalue weighted by atomic mass is 14.7. The van der Waals surface area contributed by atoms with Crippen LogP contribution < -0.4 is 5.73 Å². The number of pyridine rings is 1. The van der Waals surface area contributed by atoms with Gasteiger partial charge in [0, 0.05) is 24.4 Å². The van der Waals surface area contributed by atoms with Gasteiger partial charge in [0.1, 0.15) is 0 Å². The van der Waals surface area contributed by atoms with Gasteiger partial charge in [-0.15, -0.1) is 0 Å². The van der Waals surface area contributed by atoms with Crippen molar-refractivity contribution in [3.63, 3.8) is 0 Å². The number of aromatic nitrogens is 1. The molecule has 1 aliphatic rings. The quantitative estimate of drug-likeness (QED) is 0.776. The molecule has 0 amide bonds. The van der Waals surface area contributed by atoms with Gasteiger partial charge in [0.25, 0.3) is 0 Å². The second-order valence-corrected chi connectivity index (χ2v) is 4.44. The van der Waals surface area contributed by atoms with Crippen LogP contribution in [0.5, 0.6) is 0 Å². The zero-order valence-corrected chi connectivity index (χ0v) is 8.79. The van der Waals surface area contributed by atoms with Crippen molar-refractivity contribution < 1.29 is 0 Å². The summed E-state index contributed by atoms with van der Waals surface area (Å²) in [6.45, 7) is 2.85. The van der Waals surface area contributed by atoms with Crippen LogP contribution in [0, 0.1) is 6.92 Å². The summed E-state index contributed by atoms with van der Waals surface area (Å²) in [5.41, 5.74) is 8.74. The Labute approximate surface area is 85.5 Å². The molecule has 76 valence electrons. The Balaban J connectivity index is 2.35. The minimum Gasteiger partial charge on any atom is -0.330 e. The Morgan fingerprint density at radius 3 is 2.64 bits per heavy atom. The molecule has 2 nitrogen and oxygen atoms in total. The first-order valence-corrected chi connectivity index (χ1v) is 5.39. The molecule has 2 heteroatoms. The maximum Gasteiger partial charge on any atom is 0.0306 e. The molecule has 1 aliphatic carbocycles. The van der Waals surface area contributed by atoms with Crippen molar-refractivity contribution in [1.29, 1.82) is 0 Å². The molecule has 1 aromatic heterocycles. The highest BCUT2D eigenvalue weighted by Crippen LogP contribution is 2.39. The Hall–Kier alpha value is -0.890. The first kappa shape index (κ1) is 9.66. The number of rotatable bonds is 2. The molecule has 0 spiro atoms.